The molecule has 2 aliphatic heterocycles. The monoisotopic (exact) mass is 445 g/mol. The van der Waals surface area contributed by atoms with Crippen molar-refractivity contribution in [1.82, 2.24) is 9.21 Å². The average molecular weight is 446 g/mol. The Kier molecular flexibility index (Phi) is 6.39. The van der Waals surface area contributed by atoms with E-state index in [1.165, 1.54) is 19.6 Å². The normalized spacial score (nSPS) is 20.5. The fourth-order valence-electron chi connectivity index (χ4n) is 3.62. The second kappa shape index (κ2) is 8.49. The molecule has 0 aliphatic carbocycles. The molecule has 0 unspecified atom stereocenters. The maximum atomic E-state index is 13.1. The molecule has 2 heterocycles. The lowest BCUT2D eigenvalue weighted by atomic mass is 10.2. The third kappa shape index (κ3) is 4.51. The molecule has 9 nitrogen and oxygen atoms in total. The zero-order valence-corrected chi connectivity index (χ0v) is 18.3. The van der Waals surface area contributed by atoms with Crippen LogP contribution in [0.3, 0.4) is 0 Å². The quantitative estimate of drug-likeness (QED) is 0.694. The number of rotatable bonds is 4. The van der Waals surface area contributed by atoms with Gasteiger partial charge in [-0.2, -0.15) is 4.31 Å². The van der Waals surface area contributed by atoms with Crippen molar-refractivity contribution in [1.29, 1.82) is 0 Å². The highest BCUT2D eigenvalue weighted by atomic mass is 32.2. The number of carbonyl (C=O) groups excluding carboxylic acids is 1. The summed E-state index contributed by atoms with van der Waals surface area (Å²) < 4.78 is 58.5. The number of hydrogen-bond acceptors (Lipinski definition) is 6. The molecule has 2 saturated heterocycles. The summed E-state index contributed by atoms with van der Waals surface area (Å²) in [5, 5.41) is 0. The Morgan fingerprint density at radius 2 is 1.79 bits per heavy atom. The molecule has 3 rings (SSSR count). The number of amides is 1. The molecule has 1 aromatic rings. The summed E-state index contributed by atoms with van der Waals surface area (Å²) in [7, 11) is -7.10. The van der Waals surface area contributed by atoms with Crippen molar-refractivity contribution in [2.45, 2.75) is 31.6 Å². The summed E-state index contributed by atoms with van der Waals surface area (Å²) >= 11 is 0. The third-order valence-electron chi connectivity index (χ3n) is 5.18. The fourth-order valence-corrected chi connectivity index (χ4v) is 6.88. The van der Waals surface area contributed by atoms with Crippen molar-refractivity contribution >= 4 is 31.8 Å². The Bertz CT molecular complexity index is 969. The summed E-state index contributed by atoms with van der Waals surface area (Å²) in [6.45, 7) is 4.97. The van der Waals surface area contributed by atoms with E-state index in [0.717, 1.165) is 6.42 Å². The van der Waals surface area contributed by atoms with Crippen molar-refractivity contribution < 1.29 is 26.4 Å². The summed E-state index contributed by atoms with van der Waals surface area (Å²) in [6.07, 6.45) is 0.985. The zero-order valence-electron chi connectivity index (χ0n) is 16.7. The van der Waals surface area contributed by atoms with Crippen molar-refractivity contribution in [3.05, 3.63) is 23.8 Å². The molecule has 1 amide bonds. The lowest BCUT2D eigenvalue weighted by Gasteiger charge is -2.33. The number of ether oxygens (including phenoxy) is 1. The first-order valence-electron chi connectivity index (χ1n) is 9.70. The molecule has 1 aromatic carbocycles. The van der Waals surface area contributed by atoms with Crippen LogP contribution < -0.4 is 4.31 Å². The summed E-state index contributed by atoms with van der Waals surface area (Å²) in [5.74, 6) is 0.108. The first kappa shape index (κ1) is 21.8. The summed E-state index contributed by atoms with van der Waals surface area (Å²) in [6, 6.07) is 4.64. The minimum absolute atomic E-state index is 0.108. The fraction of sp³-hybridized carbons (Fsp3) is 0.611. The van der Waals surface area contributed by atoms with E-state index in [0.29, 0.717) is 24.2 Å². The SMILES string of the molecule is CCOC(=O)N1CCN(S(=O)(=O)c2ccc(N3CCCCS3(=O)=O)cc2C)CC1. The van der Waals surface area contributed by atoms with Gasteiger partial charge < -0.3 is 9.64 Å². The van der Waals surface area contributed by atoms with Crippen LogP contribution in [0, 0.1) is 6.92 Å². The third-order valence-corrected chi connectivity index (χ3v) is 9.11. The van der Waals surface area contributed by atoms with E-state index in [4.69, 9.17) is 4.74 Å². The molecule has 0 radical (unpaired) electrons. The Labute approximate surface area is 172 Å². The molecule has 2 aliphatic rings. The van der Waals surface area contributed by atoms with Crippen molar-refractivity contribution in [2.75, 3.05) is 49.4 Å². The van der Waals surface area contributed by atoms with E-state index in [1.54, 1.807) is 26.0 Å². The van der Waals surface area contributed by atoms with Gasteiger partial charge in [-0.25, -0.2) is 21.6 Å². The predicted octanol–water partition coefficient (Wildman–Crippen LogP) is 1.39. The highest BCUT2D eigenvalue weighted by Crippen LogP contribution is 2.29. The topological polar surface area (TPSA) is 104 Å². The highest BCUT2D eigenvalue weighted by Gasteiger charge is 2.32. The Hall–Kier alpha value is -1.85. The van der Waals surface area contributed by atoms with Gasteiger partial charge >= 0.3 is 6.09 Å². The number of benzene rings is 1. The molecule has 0 aromatic heterocycles. The van der Waals surface area contributed by atoms with Gasteiger partial charge in [0.15, 0.2) is 0 Å². The number of nitrogens with zero attached hydrogens (tertiary/aromatic N) is 3. The number of anilines is 1. The maximum Gasteiger partial charge on any atom is 0.409 e. The Morgan fingerprint density at radius 3 is 2.38 bits per heavy atom. The van der Waals surface area contributed by atoms with Crippen LogP contribution in [0.15, 0.2) is 23.1 Å². The van der Waals surface area contributed by atoms with Gasteiger partial charge in [-0.05, 0) is 50.5 Å². The van der Waals surface area contributed by atoms with Crippen molar-refractivity contribution in [2.24, 2.45) is 0 Å². The molecular formula is C18H27N3O6S2. The second-order valence-electron chi connectivity index (χ2n) is 7.14. The largest absolute Gasteiger partial charge is 0.450 e. The zero-order chi connectivity index (χ0) is 21.2. The van der Waals surface area contributed by atoms with Crippen LogP contribution in [0.25, 0.3) is 0 Å². The van der Waals surface area contributed by atoms with Crippen molar-refractivity contribution in [3.63, 3.8) is 0 Å². The van der Waals surface area contributed by atoms with Gasteiger partial charge in [-0.3, -0.25) is 4.31 Å². The molecule has 162 valence electrons. The standard InChI is InChI=1S/C18H27N3O6S2/c1-3-27-18(22)19-9-11-20(12-10-19)29(25,26)17-7-6-16(14-15(17)2)21-8-4-5-13-28(21,23)24/h6-7,14H,3-5,8-13H2,1-2H3. The summed E-state index contributed by atoms with van der Waals surface area (Å²) in [4.78, 5) is 13.4. The molecule has 0 saturated carbocycles. The van der Waals surface area contributed by atoms with Crippen LogP contribution >= 0.6 is 0 Å². The van der Waals surface area contributed by atoms with Gasteiger partial charge in [0.2, 0.25) is 20.0 Å². The molecule has 2 fully saturated rings. The van der Waals surface area contributed by atoms with E-state index in [1.807, 2.05) is 0 Å². The number of aryl methyl sites for hydroxylation is 1. The first-order chi connectivity index (χ1) is 13.7. The Balaban J connectivity index is 1.77. The predicted molar refractivity (Wildman–Crippen MR) is 109 cm³/mol. The Morgan fingerprint density at radius 1 is 1.10 bits per heavy atom. The molecule has 0 spiro atoms. The van der Waals surface area contributed by atoms with Crippen LogP contribution in [0.2, 0.25) is 0 Å². The minimum Gasteiger partial charge on any atom is -0.450 e. The molecule has 0 N–H and O–H groups in total. The molecular weight excluding hydrogens is 418 g/mol. The molecule has 0 bridgehead atoms. The lowest BCUT2D eigenvalue weighted by Crippen LogP contribution is -2.50. The van der Waals surface area contributed by atoms with Gasteiger partial charge in [0.25, 0.3) is 0 Å². The number of sulfonamides is 2. The van der Waals surface area contributed by atoms with E-state index in [9.17, 15) is 21.6 Å². The maximum absolute atomic E-state index is 13.1. The van der Waals surface area contributed by atoms with Gasteiger partial charge in [0, 0.05) is 32.7 Å². The molecule has 29 heavy (non-hydrogen) atoms. The van der Waals surface area contributed by atoms with Crippen LogP contribution in [0.4, 0.5) is 10.5 Å². The van der Waals surface area contributed by atoms with Gasteiger partial charge in [0.05, 0.1) is 22.9 Å². The molecule has 0 atom stereocenters. The van der Waals surface area contributed by atoms with Gasteiger partial charge in [-0.1, -0.05) is 0 Å². The lowest BCUT2D eigenvalue weighted by molar-refractivity contribution is 0.0934. The van der Waals surface area contributed by atoms with Crippen LogP contribution in [0.1, 0.15) is 25.3 Å². The second-order valence-corrected chi connectivity index (χ2v) is 11.1. The number of hydrogen-bond donors (Lipinski definition) is 0. The van der Waals surface area contributed by atoms with Gasteiger partial charge in [-0.15, -0.1) is 0 Å². The van der Waals surface area contributed by atoms with Crippen molar-refractivity contribution in [3.8, 4) is 0 Å². The number of carbonyl (C=O) groups is 1. The van der Waals surface area contributed by atoms with Gasteiger partial charge in [0.1, 0.15) is 0 Å². The van der Waals surface area contributed by atoms with E-state index >= 15 is 0 Å². The summed E-state index contributed by atoms with van der Waals surface area (Å²) in [5.41, 5.74) is 0.990. The first-order valence-corrected chi connectivity index (χ1v) is 12.7. The van der Waals surface area contributed by atoms with E-state index < -0.39 is 26.1 Å². The minimum atomic E-state index is -3.74. The van der Waals surface area contributed by atoms with E-state index in [2.05, 4.69) is 0 Å². The van der Waals surface area contributed by atoms with Crippen LogP contribution in [-0.4, -0.2) is 77.2 Å². The van der Waals surface area contributed by atoms with E-state index in [-0.39, 0.29) is 43.4 Å². The highest BCUT2D eigenvalue weighted by molar-refractivity contribution is 7.92. The smallest absolute Gasteiger partial charge is 0.409 e. The number of piperazine rings is 1. The average Bonchev–Trinajstić information content (AvgIpc) is 2.67. The molecule has 11 heteroatoms. The van der Waals surface area contributed by atoms with Crippen LogP contribution in [-0.2, 0) is 24.8 Å². The van der Waals surface area contributed by atoms with Crippen LogP contribution in [0.5, 0.6) is 0 Å².